The molecule has 0 bridgehead atoms. The van der Waals surface area contributed by atoms with E-state index in [4.69, 9.17) is 21.5 Å². The molecule has 3 rings (SSSR count). The minimum Gasteiger partial charge on any atom is -0.354 e. The Morgan fingerprint density at radius 2 is 2.24 bits per heavy atom. The van der Waals surface area contributed by atoms with Gasteiger partial charge in [0.05, 0.1) is 11.2 Å². The molecule has 21 heavy (non-hydrogen) atoms. The summed E-state index contributed by atoms with van der Waals surface area (Å²) in [5, 5.41) is 24.2. The normalized spacial score (nSPS) is 10.6. The molecule has 1 aromatic carbocycles. The first kappa shape index (κ1) is 13.3. The molecule has 0 amide bonds. The number of aromatic nitrogens is 4. The van der Waals surface area contributed by atoms with E-state index in [1.165, 1.54) is 24.4 Å². The Morgan fingerprint density at radius 3 is 2.95 bits per heavy atom. The van der Waals surface area contributed by atoms with Crippen molar-refractivity contribution in [3.63, 3.8) is 0 Å². The van der Waals surface area contributed by atoms with Crippen molar-refractivity contribution in [3.05, 3.63) is 47.0 Å². The standard InChI is InChI=1S/C12H8ClFN6O/c13-7-3-6(1-2-8(7)14)17-12(15)9-4-11(21-19-9)10-5-16-20-18-10/h1-5H,(H2,15,17)(H,16,18,20). The number of benzene rings is 1. The van der Waals surface area contributed by atoms with Crippen LogP contribution in [0.25, 0.3) is 11.5 Å². The first-order chi connectivity index (χ1) is 10.1. The molecule has 0 unspecified atom stereocenters. The highest BCUT2D eigenvalue weighted by Gasteiger charge is 2.12. The summed E-state index contributed by atoms with van der Waals surface area (Å²) in [6.07, 6.45) is 1.47. The lowest BCUT2D eigenvalue weighted by Gasteiger charge is -2.05. The lowest BCUT2D eigenvalue weighted by Crippen LogP contribution is -2.12. The van der Waals surface area contributed by atoms with Gasteiger partial charge in [-0.15, -0.1) is 5.10 Å². The van der Waals surface area contributed by atoms with Crippen LogP contribution in [0.1, 0.15) is 5.69 Å². The predicted molar refractivity (Wildman–Crippen MR) is 73.7 cm³/mol. The maximum absolute atomic E-state index is 13.1. The van der Waals surface area contributed by atoms with Gasteiger partial charge in [0.1, 0.15) is 17.2 Å². The highest BCUT2D eigenvalue weighted by molar-refractivity contribution is 6.31. The molecule has 0 aliphatic rings. The van der Waals surface area contributed by atoms with Gasteiger partial charge in [0, 0.05) is 11.8 Å². The van der Waals surface area contributed by atoms with Crippen molar-refractivity contribution in [2.75, 3.05) is 5.32 Å². The molecule has 9 heteroatoms. The average molecular weight is 307 g/mol. The van der Waals surface area contributed by atoms with E-state index in [1.54, 1.807) is 6.07 Å². The molecule has 0 atom stereocenters. The van der Waals surface area contributed by atoms with Crippen LogP contribution in [-0.4, -0.2) is 26.4 Å². The molecule has 0 radical (unpaired) electrons. The Kier molecular flexibility index (Phi) is 3.36. The van der Waals surface area contributed by atoms with Crippen LogP contribution in [0.15, 0.2) is 35.0 Å². The molecular formula is C12H8ClFN6O. The van der Waals surface area contributed by atoms with Gasteiger partial charge in [-0.05, 0) is 18.2 Å². The number of halogens is 2. The minimum atomic E-state index is -0.524. The second kappa shape index (κ2) is 5.33. The molecule has 3 N–H and O–H groups in total. The first-order valence-electron chi connectivity index (χ1n) is 5.77. The van der Waals surface area contributed by atoms with Crippen LogP contribution >= 0.6 is 11.6 Å². The Balaban J connectivity index is 1.78. The van der Waals surface area contributed by atoms with Gasteiger partial charge in [0.25, 0.3) is 0 Å². The summed E-state index contributed by atoms with van der Waals surface area (Å²) in [5.41, 5.74) is 1.30. The molecule has 0 saturated carbocycles. The molecule has 0 aliphatic heterocycles. The smallest absolute Gasteiger partial charge is 0.187 e. The van der Waals surface area contributed by atoms with Crippen molar-refractivity contribution in [1.29, 1.82) is 5.41 Å². The molecule has 2 heterocycles. The summed E-state index contributed by atoms with van der Waals surface area (Å²) in [7, 11) is 0. The quantitative estimate of drug-likeness (QED) is 0.510. The Morgan fingerprint density at radius 1 is 1.38 bits per heavy atom. The number of H-pyrrole nitrogens is 1. The number of rotatable bonds is 3. The van der Waals surface area contributed by atoms with E-state index in [0.29, 0.717) is 17.1 Å². The van der Waals surface area contributed by atoms with Crippen molar-refractivity contribution < 1.29 is 8.91 Å². The van der Waals surface area contributed by atoms with Crippen molar-refractivity contribution in [1.82, 2.24) is 20.6 Å². The molecule has 106 valence electrons. The lowest BCUT2D eigenvalue weighted by molar-refractivity contribution is 0.429. The number of nitrogens with zero attached hydrogens (tertiary/aromatic N) is 3. The Bertz CT molecular complexity index is 785. The van der Waals surface area contributed by atoms with E-state index in [-0.39, 0.29) is 16.6 Å². The van der Waals surface area contributed by atoms with Crippen molar-refractivity contribution in [2.24, 2.45) is 0 Å². The maximum Gasteiger partial charge on any atom is 0.187 e. The van der Waals surface area contributed by atoms with Gasteiger partial charge in [-0.1, -0.05) is 22.0 Å². The van der Waals surface area contributed by atoms with E-state index in [2.05, 4.69) is 25.9 Å². The topological polar surface area (TPSA) is 103 Å². The Labute approximate surface area is 122 Å². The van der Waals surface area contributed by atoms with E-state index in [0.717, 1.165) is 0 Å². The lowest BCUT2D eigenvalue weighted by atomic mass is 10.2. The van der Waals surface area contributed by atoms with Crippen molar-refractivity contribution in [2.45, 2.75) is 0 Å². The zero-order chi connectivity index (χ0) is 14.8. The van der Waals surface area contributed by atoms with E-state index >= 15 is 0 Å². The van der Waals surface area contributed by atoms with Crippen molar-refractivity contribution in [3.8, 4) is 11.5 Å². The van der Waals surface area contributed by atoms with E-state index in [1.807, 2.05) is 0 Å². The number of aromatic amines is 1. The monoisotopic (exact) mass is 306 g/mol. The van der Waals surface area contributed by atoms with Gasteiger partial charge in [0.2, 0.25) is 0 Å². The zero-order valence-corrected chi connectivity index (χ0v) is 11.1. The Hall–Kier alpha value is -2.74. The highest BCUT2D eigenvalue weighted by atomic mass is 35.5. The van der Waals surface area contributed by atoms with Gasteiger partial charge in [-0.2, -0.15) is 0 Å². The molecule has 0 saturated heterocycles. The highest BCUT2D eigenvalue weighted by Crippen LogP contribution is 2.21. The predicted octanol–water partition coefficient (Wildman–Crippen LogP) is 2.69. The second-order valence-electron chi connectivity index (χ2n) is 4.08. The van der Waals surface area contributed by atoms with E-state index < -0.39 is 5.82 Å². The molecule has 0 fully saturated rings. The fourth-order valence-electron chi connectivity index (χ4n) is 1.62. The van der Waals surface area contributed by atoms with Crippen LogP contribution < -0.4 is 5.32 Å². The molecule has 3 aromatic rings. The molecule has 7 nitrogen and oxygen atoms in total. The summed E-state index contributed by atoms with van der Waals surface area (Å²) in [6.45, 7) is 0. The third-order valence-electron chi connectivity index (χ3n) is 2.64. The van der Waals surface area contributed by atoms with Crippen molar-refractivity contribution >= 4 is 23.1 Å². The number of anilines is 1. The third kappa shape index (κ3) is 2.75. The van der Waals surface area contributed by atoms with E-state index in [9.17, 15) is 4.39 Å². The zero-order valence-electron chi connectivity index (χ0n) is 10.4. The minimum absolute atomic E-state index is 0.0138. The second-order valence-corrected chi connectivity index (χ2v) is 4.48. The fraction of sp³-hybridized carbons (Fsp3) is 0. The van der Waals surface area contributed by atoms with Gasteiger partial charge >= 0.3 is 0 Å². The number of hydrogen-bond acceptors (Lipinski definition) is 5. The maximum atomic E-state index is 13.1. The molecule has 0 aliphatic carbocycles. The summed E-state index contributed by atoms with van der Waals surface area (Å²) >= 11 is 5.68. The third-order valence-corrected chi connectivity index (χ3v) is 2.93. The molecule has 0 spiro atoms. The number of amidine groups is 1. The van der Waals surface area contributed by atoms with Crippen LogP contribution in [-0.2, 0) is 0 Å². The van der Waals surface area contributed by atoms with Gasteiger partial charge in [-0.25, -0.2) is 4.39 Å². The largest absolute Gasteiger partial charge is 0.354 e. The number of hydrogen-bond donors (Lipinski definition) is 3. The average Bonchev–Trinajstić information content (AvgIpc) is 3.12. The van der Waals surface area contributed by atoms with Crippen LogP contribution in [0.4, 0.5) is 10.1 Å². The fourth-order valence-corrected chi connectivity index (χ4v) is 1.80. The van der Waals surface area contributed by atoms with Crippen LogP contribution in [0.3, 0.4) is 0 Å². The van der Waals surface area contributed by atoms with Gasteiger partial charge < -0.3 is 9.84 Å². The first-order valence-corrected chi connectivity index (χ1v) is 6.15. The summed E-state index contributed by atoms with van der Waals surface area (Å²) in [4.78, 5) is 0. The SMILES string of the molecule is N=C(Nc1ccc(F)c(Cl)c1)c1cc(-c2cnn[nH]2)on1. The summed E-state index contributed by atoms with van der Waals surface area (Å²) in [5.74, 6) is -0.136. The van der Waals surface area contributed by atoms with Gasteiger partial charge in [0.15, 0.2) is 11.6 Å². The summed E-state index contributed by atoms with van der Waals surface area (Å²) in [6, 6.07) is 5.61. The summed E-state index contributed by atoms with van der Waals surface area (Å²) < 4.78 is 18.1. The van der Waals surface area contributed by atoms with Gasteiger partial charge in [-0.3, -0.25) is 10.5 Å². The molecule has 2 aromatic heterocycles. The molecular weight excluding hydrogens is 299 g/mol. The van der Waals surface area contributed by atoms with Crippen LogP contribution in [0.5, 0.6) is 0 Å². The van der Waals surface area contributed by atoms with Crippen LogP contribution in [0, 0.1) is 11.2 Å². The van der Waals surface area contributed by atoms with Crippen LogP contribution in [0.2, 0.25) is 5.02 Å². The number of nitrogens with one attached hydrogen (secondary N) is 3.